The van der Waals surface area contributed by atoms with Gasteiger partial charge < -0.3 is 0 Å². The molecule has 0 aliphatic heterocycles. The topological polar surface area (TPSA) is 61.2 Å². The van der Waals surface area contributed by atoms with Crippen LogP contribution in [0.25, 0.3) is 10.9 Å². The summed E-state index contributed by atoms with van der Waals surface area (Å²) >= 11 is 0. The van der Waals surface area contributed by atoms with E-state index < -0.39 is 10.1 Å². The van der Waals surface area contributed by atoms with Crippen molar-refractivity contribution in [1.29, 1.82) is 0 Å². The predicted octanol–water partition coefficient (Wildman–Crippen LogP) is 2.79. The fraction of sp³-hybridized carbons (Fsp3) is 0.188. The van der Waals surface area contributed by atoms with Gasteiger partial charge in [-0.3, -0.25) is 8.86 Å². The molecule has 1 aromatic heterocycles. The van der Waals surface area contributed by atoms with Crippen molar-refractivity contribution in [3.8, 4) is 0 Å². The fourth-order valence-electron chi connectivity index (χ4n) is 2.28. The lowest BCUT2D eigenvalue weighted by Gasteiger charge is -2.07. The quantitative estimate of drug-likeness (QED) is 0.694. The molecule has 1 heterocycles. The van der Waals surface area contributed by atoms with Gasteiger partial charge in [-0.2, -0.15) is 13.5 Å². The summed E-state index contributed by atoms with van der Waals surface area (Å²) in [7, 11) is -1.92. The highest BCUT2D eigenvalue weighted by atomic mass is 32.2. The molecule has 2 aromatic carbocycles. The second kappa shape index (κ2) is 5.55. The smallest absolute Gasteiger partial charge is 0.268 e. The van der Waals surface area contributed by atoms with Crippen LogP contribution in [0.4, 0.5) is 0 Å². The standard InChI is InChI=1S/C16H16N2O3S/c1-12-6-8-14(9-7-12)22(19,20)21-11-13-4-3-5-16-15(13)10-17-18(16)2/h3-10H,11H2,1-2H3. The van der Waals surface area contributed by atoms with Gasteiger partial charge in [0, 0.05) is 12.4 Å². The number of aryl methyl sites for hydroxylation is 2. The molecular formula is C16H16N2O3S. The van der Waals surface area contributed by atoms with Crippen LogP contribution in [0.15, 0.2) is 53.6 Å². The first-order valence-corrected chi connectivity index (χ1v) is 8.24. The van der Waals surface area contributed by atoms with Crippen LogP contribution in [0.1, 0.15) is 11.1 Å². The second-order valence-corrected chi connectivity index (χ2v) is 6.76. The Morgan fingerprint density at radius 2 is 1.86 bits per heavy atom. The van der Waals surface area contributed by atoms with Crippen LogP contribution in [0.5, 0.6) is 0 Å². The number of hydrogen-bond donors (Lipinski definition) is 0. The molecule has 0 bridgehead atoms. The maximum absolute atomic E-state index is 12.2. The molecule has 0 saturated heterocycles. The molecule has 0 saturated carbocycles. The number of aromatic nitrogens is 2. The van der Waals surface area contributed by atoms with Crippen molar-refractivity contribution in [2.75, 3.05) is 0 Å². The lowest BCUT2D eigenvalue weighted by Crippen LogP contribution is -2.06. The van der Waals surface area contributed by atoms with E-state index in [1.54, 1.807) is 35.1 Å². The van der Waals surface area contributed by atoms with Gasteiger partial charge in [0.25, 0.3) is 10.1 Å². The molecule has 0 aliphatic carbocycles. The van der Waals surface area contributed by atoms with Gasteiger partial charge in [0.1, 0.15) is 0 Å². The molecule has 0 spiro atoms. The molecule has 3 rings (SSSR count). The molecule has 0 unspecified atom stereocenters. The first kappa shape index (κ1) is 14.7. The van der Waals surface area contributed by atoms with Crippen molar-refractivity contribution in [2.24, 2.45) is 7.05 Å². The Kier molecular flexibility index (Phi) is 3.72. The summed E-state index contributed by atoms with van der Waals surface area (Å²) in [5, 5.41) is 5.07. The lowest BCUT2D eigenvalue weighted by atomic mass is 10.1. The third kappa shape index (κ3) is 2.75. The van der Waals surface area contributed by atoms with Gasteiger partial charge in [0.2, 0.25) is 0 Å². The van der Waals surface area contributed by atoms with Crippen LogP contribution < -0.4 is 0 Å². The van der Waals surface area contributed by atoms with Crippen LogP contribution in [-0.4, -0.2) is 18.2 Å². The summed E-state index contributed by atoms with van der Waals surface area (Å²) in [4.78, 5) is 0.163. The summed E-state index contributed by atoms with van der Waals surface area (Å²) < 4.78 is 31.4. The van der Waals surface area contributed by atoms with E-state index in [1.807, 2.05) is 32.2 Å². The molecule has 114 valence electrons. The second-order valence-electron chi connectivity index (χ2n) is 5.15. The largest absolute Gasteiger partial charge is 0.297 e. The Morgan fingerprint density at radius 1 is 1.14 bits per heavy atom. The summed E-state index contributed by atoms with van der Waals surface area (Å²) in [5.74, 6) is 0. The number of benzene rings is 2. The zero-order valence-corrected chi connectivity index (χ0v) is 13.2. The molecule has 3 aromatic rings. The van der Waals surface area contributed by atoms with Gasteiger partial charge in [-0.25, -0.2) is 0 Å². The Balaban J connectivity index is 1.86. The van der Waals surface area contributed by atoms with Gasteiger partial charge in [0.05, 0.1) is 23.2 Å². The van der Waals surface area contributed by atoms with E-state index in [2.05, 4.69) is 5.10 Å². The van der Waals surface area contributed by atoms with Crippen LogP contribution in [-0.2, 0) is 28.0 Å². The molecular weight excluding hydrogens is 300 g/mol. The first-order chi connectivity index (χ1) is 10.5. The molecule has 0 N–H and O–H groups in total. The molecule has 0 atom stereocenters. The Hall–Kier alpha value is -2.18. The maximum atomic E-state index is 12.2. The van der Waals surface area contributed by atoms with E-state index >= 15 is 0 Å². The van der Waals surface area contributed by atoms with Crippen LogP contribution in [0.2, 0.25) is 0 Å². The molecule has 0 radical (unpaired) electrons. The molecule has 22 heavy (non-hydrogen) atoms. The van der Waals surface area contributed by atoms with Crippen LogP contribution in [0, 0.1) is 6.92 Å². The third-order valence-electron chi connectivity index (χ3n) is 3.56. The Labute approximate surface area is 129 Å². The molecule has 0 aliphatic rings. The highest BCUT2D eigenvalue weighted by molar-refractivity contribution is 7.86. The lowest BCUT2D eigenvalue weighted by molar-refractivity contribution is 0.309. The van der Waals surface area contributed by atoms with Crippen LogP contribution >= 0.6 is 0 Å². The summed E-state index contributed by atoms with van der Waals surface area (Å²) in [5.41, 5.74) is 2.73. The summed E-state index contributed by atoms with van der Waals surface area (Å²) in [6.07, 6.45) is 1.71. The minimum atomic E-state index is -3.76. The normalized spacial score (nSPS) is 11.9. The van der Waals surface area contributed by atoms with Gasteiger partial charge in [-0.1, -0.05) is 29.8 Å². The average Bonchev–Trinajstić information content (AvgIpc) is 2.88. The first-order valence-electron chi connectivity index (χ1n) is 6.83. The van der Waals surface area contributed by atoms with E-state index in [0.29, 0.717) is 0 Å². The Bertz CT molecular complexity index is 912. The average molecular weight is 316 g/mol. The van der Waals surface area contributed by atoms with Crippen molar-refractivity contribution in [3.05, 3.63) is 59.8 Å². The number of fused-ring (bicyclic) bond motifs is 1. The van der Waals surface area contributed by atoms with Gasteiger partial charge in [-0.15, -0.1) is 0 Å². The molecule has 6 heteroatoms. The number of hydrogen-bond acceptors (Lipinski definition) is 4. The SMILES string of the molecule is Cc1ccc(S(=O)(=O)OCc2cccc3c2cnn3C)cc1. The van der Waals surface area contributed by atoms with E-state index in [0.717, 1.165) is 22.0 Å². The highest BCUT2D eigenvalue weighted by Crippen LogP contribution is 2.21. The van der Waals surface area contributed by atoms with Gasteiger partial charge in [0.15, 0.2) is 0 Å². The van der Waals surface area contributed by atoms with Crippen molar-refractivity contribution in [1.82, 2.24) is 9.78 Å². The minimum Gasteiger partial charge on any atom is -0.268 e. The molecule has 0 amide bonds. The molecule has 0 fully saturated rings. The maximum Gasteiger partial charge on any atom is 0.297 e. The van der Waals surface area contributed by atoms with Gasteiger partial charge in [-0.05, 0) is 30.7 Å². The fourth-order valence-corrected chi connectivity index (χ4v) is 3.16. The monoisotopic (exact) mass is 316 g/mol. The van der Waals surface area contributed by atoms with E-state index in [4.69, 9.17) is 4.18 Å². The van der Waals surface area contributed by atoms with Crippen molar-refractivity contribution in [2.45, 2.75) is 18.4 Å². The predicted molar refractivity (Wildman–Crippen MR) is 83.9 cm³/mol. The highest BCUT2D eigenvalue weighted by Gasteiger charge is 2.16. The van der Waals surface area contributed by atoms with Crippen molar-refractivity contribution >= 4 is 21.0 Å². The minimum absolute atomic E-state index is 0.0146. The zero-order chi connectivity index (χ0) is 15.7. The van der Waals surface area contributed by atoms with E-state index in [9.17, 15) is 8.42 Å². The third-order valence-corrected chi connectivity index (χ3v) is 4.84. The summed E-state index contributed by atoms with van der Waals surface area (Å²) in [6, 6.07) is 12.2. The number of nitrogens with zero attached hydrogens (tertiary/aromatic N) is 2. The number of rotatable bonds is 4. The van der Waals surface area contributed by atoms with E-state index in [1.165, 1.54) is 0 Å². The van der Waals surface area contributed by atoms with Gasteiger partial charge >= 0.3 is 0 Å². The van der Waals surface area contributed by atoms with Crippen molar-refractivity contribution < 1.29 is 12.6 Å². The van der Waals surface area contributed by atoms with E-state index in [-0.39, 0.29) is 11.5 Å². The molecule has 5 nitrogen and oxygen atoms in total. The Morgan fingerprint density at radius 3 is 2.59 bits per heavy atom. The zero-order valence-electron chi connectivity index (χ0n) is 12.4. The van der Waals surface area contributed by atoms with Crippen LogP contribution in [0.3, 0.4) is 0 Å². The van der Waals surface area contributed by atoms with Crippen molar-refractivity contribution in [3.63, 3.8) is 0 Å². The summed E-state index contributed by atoms with van der Waals surface area (Å²) in [6.45, 7) is 1.89.